The first-order valence-corrected chi connectivity index (χ1v) is 5.57. The molecule has 0 aromatic heterocycles. The summed E-state index contributed by atoms with van der Waals surface area (Å²) in [6.07, 6.45) is 0.645. The van der Waals surface area contributed by atoms with Gasteiger partial charge in [-0.15, -0.1) is 0 Å². The Morgan fingerprint density at radius 3 is 2.76 bits per heavy atom. The summed E-state index contributed by atoms with van der Waals surface area (Å²) in [5.74, 6) is 0.367. The number of carbonyl (C=O) groups is 2. The molecule has 0 radical (unpaired) electrons. The molecule has 92 valence electrons. The third kappa shape index (κ3) is 3.45. The molecule has 1 aromatic carbocycles. The van der Waals surface area contributed by atoms with Crippen LogP contribution < -0.4 is 14.8 Å². The number of aldehydes is 1. The average molecular weight is 302 g/mol. The van der Waals surface area contributed by atoms with E-state index in [-0.39, 0.29) is 18.3 Å². The van der Waals surface area contributed by atoms with Crippen molar-refractivity contribution < 1.29 is 19.1 Å². The number of hydrogen-bond acceptors (Lipinski definition) is 4. The highest BCUT2D eigenvalue weighted by Gasteiger charge is 2.13. The van der Waals surface area contributed by atoms with E-state index < -0.39 is 0 Å². The van der Waals surface area contributed by atoms with E-state index in [1.807, 2.05) is 0 Å². The van der Waals surface area contributed by atoms with Crippen molar-refractivity contribution in [2.45, 2.75) is 0 Å². The van der Waals surface area contributed by atoms with Crippen molar-refractivity contribution in [1.82, 2.24) is 5.32 Å². The highest BCUT2D eigenvalue weighted by molar-refractivity contribution is 9.10. The van der Waals surface area contributed by atoms with Gasteiger partial charge >= 0.3 is 0 Å². The van der Waals surface area contributed by atoms with Gasteiger partial charge in [0.15, 0.2) is 24.4 Å². The fourth-order valence-electron chi connectivity index (χ4n) is 1.19. The summed E-state index contributed by atoms with van der Waals surface area (Å²) >= 11 is 3.25. The largest absolute Gasteiger partial charge is 0.493 e. The van der Waals surface area contributed by atoms with Gasteiger partial charge in [-0.25, -0.2) is 0 Å². The molecule has 0 aliphatic carbocycles. The van der Waals surface area contributed by atoms with E-state index in [9.17, 15) is 9.59 Å². The van der Waals surface area contributed by atoms with E-state index in [1.165, 1.54) is 14.2 Å². The van der Waals surface area contributed by atoms with E-state index in [1.54, 1.807) is 12.1 Å². The molecule has 6 heteroatoms. The smallest absolute Gasteiger partial charge is 0.257 e. The molecule has 0 saturated carbocycles. The molecule has 0 aliphatic rings. The highest BCUT2D eigenvalue weighted by atomic mass is 79.9. The van der Waals surface area contributed by atoms with E-state index in [2.05, 4.69) is 21.2 Å². The Hall–Kier alpha value is -1.56. The van der Waals surface area contributed by atoms with Crippen molar-refractivity contribution in [2.24, 2.45) is 0 Å². The lowest BCUT2D eigenvalue weighted by atomic mass is 10.2. The molecule has 5 nitrogen and oxygen atoms in total. The van der Waals surface area contributed by atoms with Crippen LogP contribution >= 0.6 is 15.9 Å². The first-order valence-electron chi connectivity index (χ1n) is 4.78. The normalized spacial score (nSPS) is 9.59. The van der Waals surface area contributed by atoms with Crippen molar-refractivity contribution in [3.05, 3.63) is 22.2 Å². The van der Waals surface area contributed by atoms with E-state index in [0.29, 0.717) is 22.1 Å². The predicted octanol–water partition coefficient (Wildman–Crippen LogP) is 1.39. The Balaban J connectivity index is 3.02. The fraction of sp³-hybridized carbons (Fsp3) is 0.273. The van der Waals surface area contributed by atoms with Gasteiger partial charge < -0.3 is 14.8 Å². The van der Waals surface area contributed by atoms with Crippen LogP contribution in [0, 0.1) is 0 Å². The summed E-state index contributed by atoms with van der Waals surface area (Å²) in [5, 5.41) is 2.42. The monoisotopic (exact) mass is 301 g/mol. The van der Waals surface area contributed by atoms with Gasteiger partial charge in [0.2, 0.25) is 0 Å². The van der Waals surface area contributed by atoms with Gasteiger partial charge in [0.25, 0.3) is 5.91 Å². The van der Waals surface area contributed by atoms with Crippen LogP contribution in [0.15, 0.2) is 16.6 Å². The number of benzene rings is 1. The van der Waals surface area contributed by atoms with Crippen LogP contribution in [-0.4, -0.2) is 33.0 Å². The second-order valence-electron chi connectivity index (χ2n) is 3.11. The van der Waals surface area contributed by atoms with E-state index >= 15 is 0 Å². The molecule has 1 aromatic rings. The van der Waals surface area contributed by atoms with Crippen molar-refractivity contribution in [3.63, 3.8) is 0 Å². The summed E-state index contributed by atoms with van der Waals surface area (Å²) in [7, 11) is 2.97. The minimum absolute atomic E-state index is 0.171. The minimum atomic E-state index is -0.285. The molecule has 0 spiro atoms. The van der Waals surface area contributed by atoms with Gasteiger partial charge in [-0.3, -0.25) is 9.59 Å². The molecular formula is C11H12BrNO4. The lowest BCUT2D eigenvalue weighted by molar-refractivity contribution is -0.122. The van der Waals surface area contributed by atoms with Crippen molar-refractivity contribution in [2.75, 3.05) is 20.8 Å². The summed E-state index contributed by atoms with van der Waals surface area (Å²) in [6.45, 7) is -0.171. The van der Waals surface area contributed by atoms with Crippen LogP contribution in [0.4, 0.5) is 0 Å². The van der Waals surface area contributed by atoms with E-state index in [0.717, 1.165) is 0 Å². The standard InChI is InChI=1S/C11H12BrNO4/c1-13-10(15)6-17-11-7(5-14)3-8(12)4-9(11)16-2/h3-5H,6H2,1-2H3,(H,13,15). The Morgan fingerprint density at radius 1 is 1.53 bits per heavy atom. The summed E-state index contributed by atoms with van der Waals surface area (Å²) < 4.78 is 11.1. The molecule has 0 bridgehead atoms. The van der Waals surface area contributed by atoms with Crippen LogP contribution in [0.2, 0.25) is 0 Å². The maximum Gasteiger partial charge on any atom is 0.257 e. The molecule has 0 saturated heterocycles. The van der Waals surface area contributed by atoms with Gasteiger partial charge in [0.1, 0.15) is 0 Å². The van der Waals surface area contributed by atoms with Crippen LogP contribution in [-0.2, 0) is 4.79 Å². The zero-order chi connectivity index (χ0) is 12.8. The van der Waals surface area contributed by atoms with Crippen LogP contribution in [0.3, 0.4) is 0 Å². The lowest BCUT2D eigenvalue weighted by Crippen LogP contribution is -2.25. The third-order valence-corrected chi connectivity index (χ3v) is 2.48. The van der Waals surface area contributed by atoms with Gasteiger partial charge in [-0.1, -0.05) is 15.9 Å². The minimum Gasteiger partial charge on any atom is -0.493 e. The molecule has 0 fully saturated rings. The van der Waals surface area contributed by atoms with Crippen molar-refractivity contribution in [1.29, 1.82) is 0 Å². The maximum absolute atomic E-state index is 11.1. The van der Waals surface area contributed by atoms with Crippen molar-refractivity contribution >= 4 is 28.1 Å². The number of carbonyl (C=O) groups excluding carboxylic acids is 2. The average Bonchev–Trinajstić information content (AvgIpc) is 2.35. The zero-order valence-corrected chi connectivity index (χ0v) is 11.0. The molecule has 0 heterocycles. The number of hydrogen-bond donors (Lipinski definition) is 1. The summed E-state index contributed by atoms with van der Waals surface area (Å²) in [5.41, 5.74) is 0.320. The second kappa shape index (κ2) is 6.24. The number of likely N-dealkylation sites (N-methyl/N-ethyl adjacent to an activating group) is 1. The Kier molecular flexibility index (Phi) is 4.96. The first-order chi connectivity index (χ1) is 8.12. The lowest BCUT2D eigenvalue weighted by Gasteiger charge is -2.12. The van der Waals surface area contributed by atoms with Crippen molar-refractivity contribution in [3.8, 4) is 11.5 Å². The van der Waals surface area contributed by atoms with Crippen LogP contribution in [0.25, 0.3) is 0 Å². The Morgan fingerprint density at radius 2 is 2.24 bits per heavy atom. The van der Waals surface area contributed by atoms with Gasteiger partial charge in [-0.2, -0.15) is 0 Å². The molecule has 0 aliphatic heterocycles. The fourth-order valence-corrected chi connectivity index (χ4v) is 1.65. The van der Waals surface area contributed by atoms with Gasteiger partial charge in [0.05, 0.1) is 12.7 Å². The third-order valence-electron chi connectivity index (χ3n) is 2.02. The number of halogens is 1. The molecule has 1 rings (SSSR count). The predicted molar refractivity (Wildman–Crippen MR) is 65.6 cm³/mol. The number of ether oxygens (including phenoxy) is 2. The van der Waals surface area contributed by atoms with Gasteiger partial charge in [-0.05, 0) is 12.1 Å². The molecule has 0 unspecified atom stereocenters. The number of nitrogens with one attached hydrogen (secondary N) is 1. The Bertz CT molecular complexity index is 434. The Labute approximate surface area is 107 Å². The molecular weight excluding hydrogens is 290 g/mol. The topological polar surface area (TPSA) is 64.6 Å². The first kappa shape index (κ1) is 13.5. The molecule has 1 N–H and O–H groups in total. The zero-order valence-electron chi connectivity index (χ0n) is 9.45. The SMILES string of the molecule is CNC(=O)COc1c(C=O)cc(Br)cc1OC. The second-order valence-corrected chi connectivity index (χ2v) is 4.02. The van der Waals surface area contributed by atoms with E-state index in [4.69, 9.17) is 9.47 Å². The van der Waals surface area contributed by atoms with Gasteiger partial charge in [0, 0.05) is 11.5 Å². The van der Waals surface area contributed by atoms with Crippen LogP contribution in [0.1, 0.15) is 10.4 Å². The number of amides is 1. The summed E-state index contributed by atoms with van der Waals surface area (Å²) in [4.78, 5) is 22.0. The molecule has 1 amide bonds. The number of methoxy groups -OCH3 is 1. The summed E-state index contributed by atoms with van der Waals surface area (Å²) in [6, 6.07) is 3.25. The molecule has 0 atom stereocenters. The molecule has 17 heavy (non-hydrogen) atoms. The van der Waals surface area contributed by atoms with Crippen LogP contribution in [0.5, 0.6) is 11.5 Å². The highest BCUT2D eigenvalue weighted by Crippen LogP contribution is 2.33. The maximum atomic E-state index is 11.1. The quantitative estimate of drug-likeness (QED) is 0.835. The number of rotatable bonds is 5.